The van der Waals surface area contributed by atoms with Crippen molar-refractivity contribution < 1.29 is 33.3 Å². The molecule has 5 aliphatic rings. The van der Waals surface area contributed by atoms with Crippen LogP contribution in [0.15, 0.2) is 11.6 Å². The first-order valence-corrected chi connectivity index (χ1v) is 13.8. The molecule has 2 aliphatic heterocycles. The summed E-state index contributed by atoms with van der Waals surface area (Å²) in [5.74, 6) is 0.218. The van der Waals surface area contributed by atoms with Crippen molar-refractivity contribution in [3.8, 4) is 0 Å². The lowest BCUT2D eigenvalue weighted by Gasteiger charge is -2.67. The summed E-state index contributed by atoms with van der Waals surface area (Å²) < 4.78 is 22.7. The molecule has 36 heavy (non-hydrogen) atoms. The molecular formula is C29H42O7. The predicted octanol–water partition coefficient (Wildman–Crippen LogP) is 5.31. The van der Waals surface area contributed by atoms with E-state index >= 15 is 0 Å². The Morgan fingerprint density at radius 3 is 2.33 bits per heavy atom. The second-order valence-electron chi connectivity index (χ2n) is 13.2. The van der Waals surface area contributed by atoms with Crippen molar-refractivity contribution in [3.63, 3.8) is 0 Å². The molecule has 200 valence electrons. The van der Waals surface area contributed by atoms with Crippen LogP contribution < -0.4 is 0 Å². The molecule has 7 heteroatoms. The van der Waals surface area contributed by atoms with Gasteiger partial charge in [-0.3, -0.25) is 9.59 Å². The number of esters is 3. The van der Waals surface area contributed by atoms with Crippen molar-refractivity contribution in [1.82, 2.24) is 0 Å². The van der Waals surface area contributed by atoms with Crippen LogP contribution in [-0.2, 0) is 33.3 Å². The number of ether oxygens (including phenoxy) is 4. The Morgan fingerprint density at radius 2 is 1.64 bits per heavy atom. The van der Waals surface area contributed by atoms with Crippen LogP contribution in [0.1, 0.15) is 92.9 Å². The molecule has 4 fully saturated rings. The van der Waals surface area contributed by atoms with E-state index in [1.54, 1.807) is 0 Å². The highest BCUT2D eigenvalue weighted by Gasteiger charge is 2.64. The Balaban J connectivity index is 1.49. The first-order chi connectivity index (χ1) is 16.8. The lowest BCUT2D eigenvalue weighted by molar-refractivity contribution is -0.270. The molecular weight excluding hydrogens is 460 g/mol. The van der Waals surface area contributed by atoms with E-state index in [2.05, 4.69) is 27.7 Å². The van der Waals surface area contributed by atoms with Crippen molar-refractivity contribution in [2.24, 2.45) is 39.9 Å². The second-order valence-corrected chi connectivity index (χ2v) is 13.2. The van der Waals surface area contributed by atoms with Crippen LogP contribution in [0.4, 0.5) is 0 Å². The minimum absolute atomic E-state index is 0.0724. The van der Waals surface area contributed by atoms with Gasteiger partial charge >= 0.3 is 17.9 Å². The third kappa shape index (κ3) is 4.10. The summed E-state index contributed by atoms with van der Waals surface area (Å²) in [5.41, 5.74) is 1.22. The van der Waals surface area contributed by atoms with E-state index in [0.29, 0.717) is 29.2 Å². The quantitative estimate of drug-likeness (QED) is 0.483. The molecule has 3 saturated carbocycles. The third-order valence-corrected chi connectivity index (χ3v) is 10.8. The first-order valence-electron chi connectivity index (χ1n) is 13.8. The Kier molecular flexibility index (Phi) is 6.33. The van der Waals surface area contributed by atoms with Gasteiger partial charge in [-0.15, -0.1) is 0 Å². The molecule has 7 nitrogen and oxygen atoms in total. The smallest absolute Gasteiger partial charge is 0.334 e. The van der Waals surface area contributed by atoms with Crippen molar-refractivity contribution in [2.75, 3.05) is 0 Å². The van der Waals surface area contributed by atoms with Crippen molar-refractivity contribution in [2.45, 2.75) is 112 Å². The maximum Gasteiger partial charge on any atom is 0.334 e. The lowest BCUT2D eigenvalue weighted by atomic mass is 9.38. The van der Waals surface area contributed by atoms with E-state index in [9.17, 15) is 14.4 Å². The fourth-order valence-corrected chi connectivity index (χ4v) is 9.55. The highest BCUT2D eigenvalue weighted by molar-refractivity contribution is 5.86. The highest BCUT2D eigenvalue weighted by atomic mass is 16.7. The van der Waals surface area contributed by atoms with Gasteiger partial charge in [-0.25, -0.2) is 4.79 Å². The second kappa shape index (κ2) is 8.85. The Morgan fingerprint density at radius 1 is 0.917 bits per heavy atom. The van der Waals surface area contributed by atoms with E-state index in [4.69, 9.17) is 18.9 Å². The molecule has 0 radical (unpaired) electrons. The minimum atomic E-state index is -1.09. The van der Waals surface area contributed by atoms with Crippen molar-refractivity contribution in [3.05, 3.63) is 11.6 Å². The molecule has 1 unspecified atom stereocenters. The summed E-state index contributed by atoms with van der Waals surface area (Å²) in [4.78, 5) is 35.9. The van der Waals surface area contributed by atoms with Gasteiger partial charge in [0.05, 0.1) is 6.10 Å². The fourth-order valence-electron chi connectivity index (χ4n) is 9.55. The molecule has 3 aliphatic carbocycles. The van der Waals surface area contributed by atoms with Crippen molar-refractivity contribution >= 4 is 17.9 Å². The number of carbonyl (C=O) groups excluding carboxylic acids is 3. The zero-order chi connectivity index (χ0) is 26.0. The average molecular weight is 503 g/mol. The lowest BCUT2D eigenvalue weighted by Crippen LogP contribution is -2.62. The zero-order valence-electron chi connectivity index (χ0n) is 22.6. The Labute approximate surface area is 214 Å². The molecule has 9 atom stereocenters. The van der Waals surface area contributed by atoms with E-state index in [1.807, 2.05) is 0 Å². The molecule has 1 saturated heterocycles. The number of hydrogen-bond acceptors (Lipinski definition) is 7. The molecule has 2 heterocycles. The van der Waals surface area contributed by atoms with Gasteiger partial charge in [0.25, 0.3) is 6.29 Å². The highest BCUT2D eigenvalue weighted by Crippen LogP contribution is 2.70. The van der Waals surface area contributed by atoms with Crippen LogP contribution in [0.3, 0.4) is 0 Å². The number of fused-ring (bicyclic) bond motifs is 5. The molecule has 0 aromatic carbocycles. The topological polar surface area (TPSA) is 88.1 Å². The average Bonchev–Trinajstić information content (AvgIpc) is 3.11. The van der Waals surface area contributed by atoms with E-state index in [-0.39, 0.29) is 28.6 Å². The Hall–Kier alpha value is -1.89. The van der Waals surface area contributed by atoms with E-state index in [0.717, 1.165) is 19.3 Å². The number of carbonyl (C=O) groups is 3. The van der Waals surface area contributed by atoms with Crippen LogP contribution in [0.5, 0.6) is 0 Å². The molecule has 0 aromatic rings. The van der Waals surface area contributed by atoms with Crippen LogP contribution in [-0.4, -0.2) is 36.6 Å². The molecule has 0 bridgehead atoms. The SMILES string of the molecule is CC(=O)O[C@H]1OC(=O)C=C1[C@H]1C[C@@H]2[C@H](CC[C@H]3[C@@]2(C)CCC2C(C)(C)CCC[C@@]23C)[C@@H](OC(C)=O)O1. The van der Waals surface area contributed by atoms with Crippen LogP contribution in [0.25, 0.3) is 0 Å². The Bertz CT molecular complexity index is 969. The van der Waals surface area contributed by atoms with Gasteiger partial charge in [0, 0.05) is 31.4 Å². The molecule has 0 aromatic heterocycles. The summed E-state index contributed by atoms with van der Waals surface area (Å²) in [7, 11) is 0. The van der Waals surface area contributed by atoms with E-state index < -0.39 is 30.6 Å². The van der Waals surface area contributed by atoms with Crippen LogP contribution in [0.2, 0.25) is 0 Å². The summed E-state index contributed by atoms with van der Waals surface area (Å²) in [6.45, 7) is 12.6. The predicted molar refractivity (Wildman–Crippen MR) is 131 cm³/mol. The summed E-state index contributed by atoms with van der Waals surface area (Å²) in [5, 5.41) is 0. The number of hydrogen-bond donors (Lipinski definition) is 0. The maximum atomic E-state index is 12.2. The number of cyclic esters (lactones) is 1. The largest absolute Gasteiger partial charge is 0.436 e. The molecule has 0 amide bonds. The van der Waals surface area contributed by atoms with Crippen LogP contribution in [0, 0.1) is 39.9 Å². The summed E-state index contributed by atoms with van der Waals surface area (Å²) in [6, 6.07) is 0. The van der Waals surface area contributed by atoms with Gasteiger partial charge in [0.1, 0.15) is 0 Å². The summed E-state index contributed by atoms with van der Waals surface area (Å²) >= 11 is 0. The van der Waals surface area contributed by atoms with Gasteiger partial charge in [-0.2, -0.15) is 0 Å². The van der Waals surface area contributed by atoms with Gasteiger partial charge in [-0.1, -0.05) is 34.1 Å². The van der Waals surface area contributed by atoms with E-state index in [1.165, 1.54) is 45.6 Å². The maximum absolute atomic E-state index is 12.2. The first kappa shape index (κ1) is 25.7. The third-order valence-electron chi connectivity index (χ3n) is 10.8. The zero-order valence-corrected chi connectivity index (χ0v) is 22.6. The fraction of sp³-hybridized carbons (Fsp3) is 0.828. The monoisotopic (exact) mass is 502 g/mol. The van der Waals surface area contributed by atoms with Gasteiger partial charge in [0.2, 0.25) is 6.29 Å². The normalized spacial score (nSPS) is 45.3. The summed E-state index contributed by atoms with van der Waals surface area (Å²) in [6.07, 6.45) is 8.06. The molecule has 0 N–H and O–H groups in total. The van der Waals surface area contributed by atoms with Crippen LogP contribution >= 0.6 is 0 Å². The van der Waals surface area contributed by atoms with Gasteiger partial charge < -0.3 is 18.9 Å². The van der Waals surface area contributed by atoms with Gasteiger partial charge in [0.15, 0.2) is 0 Å². The number of rotatable bonds is 3. The standard InChI is InChI=1S/C29H42O7/c1-16(30)33-25-18-8-9-23-28(5,13-10-22-27(3,4)11-7-12-29(22,23)6)20(18)15-21(35-25)19-14-24(32)36-26(19)34-17(2)31/h14,18,20-23,25-26H,7-13,15H2,1-6H3/t18-,20+,21+,22?,23-,25-,26-,28-,29-/m0/s1. The molecule has 0 spiro atoms. The van der Waals surface area contributed by atoms with Crippen molar-refractivity contribution in [1.29, 1.82) is 0 Å². The van der Waals surface area contributed by atoms with Gasteiger partial charge in [-0.05, 0) is 78.9 Å². The minimum Gasteiger partial charge on any atom is -0.436 e. The molecule has 5 rings (SSSR count).